The molecule has 2 N–H and O–H groups in total. The van der Waals surface area contributed by atoms with Gasteiger partial charge >= 0.3 is 0 Å². The quantitative estimate of drug-likeness (QED) is 0.907. The molecular formula is C19H25FN6. The van der Waals surface area contributed by atoms with Crippen LogP contribution in [0.25, 0.3) is 0 Å². The predicted molar refractivity (Wildman–Crippen MR) is 99.0 cm³/mol. The van der Waals surface area contributed by atoms with E-state index in [4.69, 9.17) is 5.73 Å². The zero-order valence-corrected chi connectivity index (χ0v) is 14.9. The van der Waals surface area contributed by atoms with E-state index in [1.165, 1.54) is 24.6 Å². The molecule has 2 aliphatic rings. The number of nitrogen functional groups attached to an aromatic ring is 1. The molecule has 4 heterocycles. The van der Waals surface area contributed by atoms with Gasteiger partial charge in [0.2, 0.25) is 5.95 Å². The number of aromatic nitrogens is 3. The van der Waals surface area contributed by atoms with E-state index in [9.17, 15) is 4.39 Å². The maximum absolute atomic E-state index is 13.3. The van der Waals surface area contributed by atoms with Crippen LogP contribution in [0.15, 0.2) is 30.7 Å². The smallest absolute Gasteiger partial charge is 0.227 e. The molecule has 0 saturated carbocycles. The lowest BCUT2D eigenvalue weighted by Crippen LogP contribution is -2.36. The summed E-state index contributed by atoms with van der Waals surface area (Å²) in [4.78, 5) is 17.1. The van der Waals surface area contributed by atoms with Crippen LogP contribution in [0.3, 0.4) is 0 Å². The number of anilines is 2. The van der Waals surface area contributed by atoms with Crippen molar-refractivity contribution in [3.05, 3.63) is 42.1 Å². The minimum absolute atomic E-state index is 0.0674. The van der Waals surface area contributed by atoms with Gasteiger partial charge in [0.25, 0.3) is 0 Å². The van der Waals surface area contributed by atoms with Crippen molar-refractivity contribution in [1.29, 1.82) is 0 Å². The minimum atomic E-state index is -0.550. The normalized spacial score (nSPS) is 22.0. The fourth-order valence-corrected chi connectivity index (χ4v) is 4.21. The molecule has 6 nitrogen and oxygen atoms in total. The zero-order valence-electron chi connectivity index (χ0n) is 14.9. The first-order valence-electron chi connectivity index (χ1n) is 9.33. The van der Waals surface area contributed by atoms with Crippen LogP contribution in [-0.4, -0.2) is 46.0 Å². The van der Waals surface area contributed by atoms with Crippen molar-refractivity contribution in [2.75, 3.05) is 36.8 Å². The second-order valence-electron chi connectivity index (χ2n) is 7.37. The monoisotopic (exact) mass is 356 g/mol. The van der Waals surface area contributed by atoms with Gasteiger partial charge in [0, 0.05) is 32.0 Å². The van der Waals surface area contributed by atoms with E-state index < -0.39 is 5.82 Å². The van der Waals surface area contributed by atoms with Gasteiger partial charge in [-0.05, 0) is 55.8 Å². The molecule has 7 heteroatoms. The molecule has 26 heavy (non-hydrogen) atoms. The Kier molecular flexibility index (Phi) is 4.97. The number of pyridine rings is 1. The van der Waals surface area contributed by atoms with E-state index >= 15 is 0 Å². The van der Waals surface area contributed by atoms with Gasteiger partial charge in [-0.15, -0.1) is 0 Å². The molecule has 1 unspecified atom stereocenters. The number of rotatable bonds is 4. The first-order valence-corrected chi connectivity index (χ1v) is 9.33. The molecule has 0 amide bonds. The van der Waals surface area contributed by atoms with Crippen molar-refractivity contribution in [1.82, 2.24) is 19.9 Å². The van der Waals surface area contributed by atoms with Crippen molar-refractivity contribution < 1.29 is 4.39 Å². The van der Waals surface area contributed by atoms with Crippen molar-refractivity contribution in [2.45, 2.75) is 25.8 Å². The lowest BCUT2D eigenvalue weighted by molar-refractivity contribution is 0.147. The highest BCUT2D eigenvalue weighted by atomic mass is 19.1. The van der Waals surface area contributed by atoms with E-state index in [1.54, 1.807) is 0 Å². The summed E-state index contributed by atoms with van der Waals surface area (Å²) in [5, 5.41) is 0. The largest absolute Gasteiger partial charge is 0.381 e. The van der Waals surface area contributed by atoms with Crippen LogP contribution >= 0.6 is 0 Å². The van der Waals surface area contributed by atoms with Crippen molar-refractivity contribution >= 4 is 11.8 Å². The van der Waals surface area contributed by atoms with Crippen LogP contribution in [0.5, 0.6) is 0 Å². The zero-order chi connectivity index (χ0) is 17.9. The summed E-state index contributed by atoms with van der Waals surface area (Å²) >= 11 is 0. The fourth-order valence-electron chi connectivity index (χ4n) is 4.21. The molecule has 1 atom stereocenters. The lowest BCUT2D eigenvalue weighted by Gasteiger charge is -2.34. The minimum Gasteiger partial charge on any atom is -0.381 e. The van der Waals surface area contributed by atoms with Gasteiger partial charge in [-0.3, -0.25) is 9.88 Å². The summed E-state index contributed by atoms with van der Waals surface area (Å²) in [6, 6.07) is 4.14. The van der Waals surface area contributed by atoms with Gasteiger partial charge in [0.05, 0.1) is 6.20 Å². The Balaban J connectivity index is 1.29. The molecule has 4 rings (SSSR count). The van der Waals surface area contributed by atoms with Crippen LogP contribution in [0.1, 0.15) is 24.8 Å². The highest BCUT2D eigenvalue weighted by molar-refractivity contribution is 5.39. The van der Waals surface area contributed by atoms with Crippen LogP contribution in [0.4, 0.5) is 16.2 Å². The Hall–Kier alpha value is -2.28. The van der Waals surface area contributed by atoms with Crippen molar-refractivity contribution in [3.8, 4) is 0 Å². The van der Waals surface area contributed by atoms with E-state index in [1.807, 2.05) is 18.5 Å². The Labute approximate surface area is 153 Å². The van der Waals surface area contributed by atoms with Gasteiger partial charge in [-0.25, -0.2) is 9.37 Å². The average molecular weight is 356 g/mol. The van der Waals surface area contributed by atoms with Crippen molar-refractivity contribution in [2.24, 2.45) is 11.8 Å². The third-order valence-corrected chi connectivity index (χ3v) is 5.69. The number of likely N-dealkylation sites (tertiary alicyclic amines) is 1. The maximum Gasteiger partial charge on any atom is 0.227 e. The first kappa shape index (κ1) is 17.1. The SMILES string of the molecule is Nc1nc(N2CCC(C3CCN(Cc4cccnc4)CC3)C2)ncc1F. The first-order chi connectivity index (χ1) is 12.7. The van der Waals surface area contributed by atoms with Crippen LogP contribution < -0.4 is 10.6 Å². The maximum atomic E-state index is 13.3. The van der Waals surface area contributed by atoms with Crippen molar-refractivity contribution in [3.63, 3.8) is 0 Å². The third kappa shape index (κ3) is 3.77. The molecule has 2 aromatic rings. The second kappa shape index (κ2) is 7.53. The number of nitrogens with zero attached hydrogens (tertiary/aromatic N) is 5. The van der Waals surface area contributed by atoms with Crippen LogP contribution in [-0.2, 0) is 6.54 Å². The van der Waals surface area contributed by atoms with E-state index in [0.717, 1.165) is 45.1 Å². The molecule has 0 spiro atoms. The molecule has 0 aromatic carbocycles. The molecule has 2 fully saturated rings. The van der Waals surface area contributed by atoms with Gasteiger partial charge < -0.3 is 10.6 Å². The summed E-state index contributed by atoms with van der Waals surface area (Å²) < 4.78 is 13.3. The van der Waals surface area contributed by atoms with Crippen LogP contribution in [0, 0.1) is 17.7 Å². The van der Waals surface area contributed by atoms with Crippen LogP contribution in [0.2, 0.25) is 0 Å². The number of nitrogens with two attached hydrogens (primary N) is 1. The van der Waals surface area contributed by atoms with Gasteiger partial charge in [-0.2, -0.15) is 4.98 Å². The predicted octanol–water partition coefficient (Wildman–Crippen LogP) is 2.33. The Morgan fingerprint density at radius 2 is 1.92 bits per heavy atom. The number of piperidine rings is 1. The molecular weight excluding hydrogens is 331 g/mol. The van der Waals surface area contributed by atoms with E-state index in [2.05, 4.69) is 30.8 Å². The molecule has 138 valence electrons. The number of halogens is 1. The summed E-state index contributed by atoms with van der Waals surface area (Å²) in [6.07, 6.45) is 8.54. The molecule has 0 aliphatic carbocycles. The topological polar surface area (TPSA) is 71.2 Å². The van der Waals surface area contributed by atoms with E-state index in [-0.39, 0.29) is 5.82 Å². The Bertz CT molecular complexity index is 732. The molecule has 2 aromatic heterocycles. The Morgan fingerprint density at radius 1 is 1.12 bits per heavy atom. The lowest BCUT2D eigenvalue weighted by atomic mass is 9.83. The van der Waals surface area contributed by atoms with Gasteiger partial charge in [0.1, 0.15) is 0 Å². The van der Waals surface area contributed by atoms with Gasteiger partial charge in [-0.1, -0.05) is 6.07 Å². The average Bonchev–Trinajstić information content (AvgIpc) is 3.16. The third-order valence-electron chi connectivity index (χ3n) is 5.69. The number of hydrogen-bond donors (Lipinski definition) is 1. The fraction of sp³-hybridized carbons (Fsp3) is 0.526. The summed E-state index contributed by atoms with van der Waals surface area (Å²) in [7, 11) is 0. The highest BCUT2D eigenvalue weighted by Crippen LogP contribution is 2.33. The summed E-state index contributed by atoms with van der Waals surface area (Å²) in [5.41, 5.74) is 6.86. The standard InChI is InChI=1S/C19H25FN6/c20-17-11-23-19(24-18(17)21)26-9-5-16(13-26)15-3-7-25(8-4-15)12-14-2-1-6-22-10-14/h1-2,6,10-11,15-16H,3-5,7-9,12-13H2,(H2,21,23,24). The second-order valence-corrected chi connectivity index (χ2v) is 7.37. The highest BCUT2D eigenvalue weighted by Gasteiger charge is 2.33. The molecule has 0 bridgehead atoms. The molecule has 2 saturated heterocycles. The van der Waals surface area contributed by atoms with Gasteiger partial charge in [0.15, 0.2) is 11.6 Å². The number of hydrogen-bond acceptors (Lipinski definition) is 6. The molecule has 0 radical (unpaired) electrons. The van der Waals surface area contributed by atoms with E-state index in [0.29, 0.717) is 11.9 Å². The summed E-state index contributed by atoms with van der Waals surface area (Å²) in [5.74, 6) is 1.33. The Morgan fingerprint density at radius 3 is 2.65 bits per heavy atom. The molecule has 2 aliphatic heterocycles. The summed E-state index contributed by atoms with van der Waals surface area (Å²) in [6.45, 7) is 5.12.